The van der Waals surface area contributed by atoms with Crippen molar-refractivity contribution in [3.8, 4) is 11.5 Å². The van der Waals surface area contributed by atoms with Gasteiger partial charge in [0.25, 0.3) is 11.5 Å². The van der Waals surface area contributed by atoms with Gasteiger partial charge in [0.2, 0.25) is 0 Å². The number of benzene rings is 1. The largest absolute Gasteiger partial charge is 0.418 e. The van der Waals surface area contributed by atoms with Crippen LogP contribution >= 0.6 is 0 Å². The maximum absolute atomic E-state index is 13.6. The fraction of sp³-hybridized carbons (Fsp3) is 0.333. The molecule has 254 valence electrons. The lowest BCUT2D eigenvalue weighted by molar-refractivity contribution is -0.0895. The Labute approximate surface area is 268 Å². The molecule has 2 heterocycles. The van der Waals surface area contributed by atoms with Gasteiger partial charge >= 0.3 is 12.7 Å². The third-order valence-corrected chi connectivity index (χ3v) is 6.71. The molecule has 2 aromatic heterocycles. The summed E-state index contributed by atoms with van der Waals surface area (Å²) < 4.78 is 94.4. The number of aryl methyl sites for hydroxylation is 1. The van der Waals surface area contributed by atoms with Gasteiger partial charge in [0.15, 0.2) is 11.6 Å². The minimum absolute atomic E-state index is 0.0677. The van der Waals surface area contributed by atoms with Crippen molar-refractivity contribution in [3.63, 3.8) is 0 Å². The Morgan fingerprint density at radius 2 is 1.64 bits per heavy atom. The SMILES string of the molecule is C/C=C(/c1cnc(-c2ccc(F)c(=O)n2C(F)F)nc1)N(C)C(=O)c1cc(C)cc(C(C)N/C(C)=C(/C=C(\C)F)C(F)(F)F)c1.CC. The highest BCUT2D eigenvalue weighted by molar-refractivity contribution is 5.99. The molecule has 3 aromatic rings. The van der Waals surface area contributed by atoms with Gasteiger partial charge in [-0.15, -0.1) is 0 Å². The van der Waals surface area contributed by atoms with E-state index in [0.717, 1.165) is 19.1 Å². The fourth-order valence-corrected chi connectivity index (χ4v) is 4.63. The van der Waals surface area contributed by atoms with Gasteiger partial charge in [0.05, 0.1) is 17.1 Å². The van der Waals surface area contributed by atoms with Crippen LogP contribution in [0.1, 0.15) is 81.2 Å². The van der Waals surface area contributed by atoms with Crippen LogP contribution in [0.4, 0.5) is 30.7 Å². The van der Waals surface area contributed by atoms with Crippen molar-refractivity contribution >= 4 is 11.6 Å². The van der Waals surface area contributed by atoms with E-state index >= 15 is 0 Å². The zero-order chi connectivity index (χ0) is 35.8. The van der Waals surface area contributed by atoms with Crippen molar-refractivity contribution in [1.82, 2.24) is 24.8 Å². The second kappa shape index (κ2) is 16.2. The van der Waals surface area contributed by atoms with Gasteiger partial charge in [-0.3, -0.25) is 9.59 Å². The van der Waals surface area contributed by atoms with Crippen molar-refractivity contribution in [1.29, 1.82) is 0 Å². The highest BCUT2D eigenvalue weighted by atomic mass is 19.4. The summed E-state index contributed by atoms with van der Waals surface area (Å²) >= 11 is 0. The summed E-state index contributed by atoms with van der Waals surface area (Å²) in [6.45, 7) is 7.69. The van der Waals surface area contributed by atoms with E-state index < -0.39 is 53.1 Å². The normalized spacial score (nSPS) is 13.4. The predicted molar refractivity (Wildman–Crippen MR) is 166 cm³/mol. The van der Waals surface area contributed by atoms with E-state index in [1.807, 2.05) is 13.8 Å². The van der Waals surface area contributed by atoms with Crippen LogP contribution in [-0.4, -0.2) is 38.6 Å². The molecule has 1 aromatic carbocycles. The molecule has 1 unspecified atom stereocenters. The Kier molecular flexibility index (Phi) is 13.2. The minimum Gasteiger partial charge on any atom is -0.382 e. The van der Waals surface area contributed by atoms with Crippen LogP contribution in [0.3, 0.4) is 0 Å². The van der Waals surface area contributed by atoms with Crippen molar-refractivity contribution in [2.45, 2.75) is 67.2 Å². The first kappa shape index (κ1) is 38.4. The molecule has 0 spiro atoms. The summed E-state index contributed by atoms with van der Waals surface area (Å²) in [5.41, 5.74) is -1.42. The van der Waals surface area contributed by atoms with Crippen molar-refractivity contribution in [2.24, 2.45) is 0 Å². The van der Waals surface area contributed by atoms with Gasteiger partial charge in [-0.2, -0.15) is 22.0 Å². The lowest BCUT2D eigenvalue weighted by atomic mass is 10.00. The van der Waals surface area contributed by atoms with Gasteiger partial charge < -0.3 is 10.2 Å². The number of carbonyl (C=O) groups excluding carboxylic acids is 1. The molecule has 1 atom stereocenters. The molecule has 0 radical (unpaired) electrons. The number of alkyl halides is 5. The highest BCUT2D eigenvalue weighted by Gasteiger charge is 2.34. The first-order valence-electron chi connectivity index (χ1n) is 14.4. The highest BCUT2D eigenvalue weighted by Crippen LogP contribution is 2.31. The van der Waals surface area contributed by atoms with Gasteiger partial charge in [0.1, 0.15) is 0 Å². The van der Waals surface area contributed by atoms with Crippen molar-refractivity contribution in [3.05, 3.63) is 110 Å². The molecule has 0 aliphatic carbocycles. The minimum atomic E-state index is -4.80. The van der Waals surface area contributed by atoms with Crippen LogP contribution < -0.4 is 10.9 Å². The topological polar surface area (TPSA) is 80.1 Å². The Morgan fingerprint density at radius 1 is 1.04 bits per heavy atom. The number of allylic oxidation sites excluding steroid dienone is 5. The molecule has 3 rings (SSSR count). The van der Waals surface area contributed by atoms with E-state index in [2.05, 4.69) is 15.3 Å². The Balaban J connectivity index is 0.00000376. The van der Waals surface area contributed by atoms with Crippen molar-refractivity contribution in [2.75, 3.05) is 7.05 Å². The van der Waals surface area contributed by atoms with E-state index in [1.54, 1.807) is 39.0 Å². The molecular formula is C33H36F7N5O2. The van der Waals surface area contributed by atoms with Crippen LogP contribution in [0.2, 0.25) is 0 Å². The summed E-state index contributed by atoms with van der Waals surface area (Å²) in [6.07, 6.45) is -0.314. The number of hydrogen-bond donors (Lipinski definition) is 1. The first-order chi connectivity index (χ1) is 22.0. The van der Waals surface area contributed by atoms with E-state index in [4.69, 9.17) is 0 Å². The fourth-order valence-electron chi connectivity index (χ4n) is 4.63. The Hall–Kier alpha value is -4.75. The molecule has 1 N–H and O–H groups in total. The zero-order valence-corrected chi connectivity index (χ0v) is 27.1. The maximum atomic E-state index is 13.6. The van der Waals surface area contributed by atoms with Gasteiger partial charge in [0, 0.05) is 48.0 Å². The number of nitrogens with one attached hydrogen (secondary N) is 1. The monoisotopic (exact) mass is 667 g/mol. The van der Waals surface area contributed by atoms with E-state index in [1.165, 1.54) is 37.3 Å². The maximum Gasteiger partial charge on any atom is 0.418 e. The molecule has 14 heteroatoms. The van der Waals surface area contributed by atoms with Crippen molar-refractivity contribution < 1.29 is 35.5 Å². The quantitative estimate of drug-likeness (QED) is 0.183. The molecule has 0 aliphatic heterocycles. The number of hydrogen-bond acceptors (Lipinski definition) is 5. The summed E-state index contributed by atoms with van der Waals surface area (Å²) in [5, 5.41) is 2.73. The summed E-state index contributed by atoms with van der Waals surface area (Å²) in [6, 6.07) is 5.80. The first-order valence-corrected chi connectivity index (χ1v) is 14.4. The molecular weight excluding hydrogens is 631 g/mol. The summed E-state index contributed by atoms with van der Waals surface area (Å²) in [4.78, 5) is 34.9. The summed E-state index contributed by atoms with van der Waals surface area (Å²) in [5.74, 6) is -3.14. The van der Waals surface area contributed by atoms with E-state index in [0.29, 0.717) is 28.5 Å². The molecule has 7 nitrogen and oxygen atoms in total. The van der Waals surface area contributed by atoms with E-state index in [-0.39, 0.29) is 21.7 Å². The number of pyridine rings is 1. The number of rotatable bonds is 9. The molecule has 0 bridgehead atoms. The lowest BCUT2D eigenvalue weighted by Gasteiger charge is -2.23. The molecule has 0 saturated heterocycles. The molecule has 0 fully saturated rings. The number of halogens is 7. The predicted octanol–water partition coefficient (Wildman–Crippen LogP) is 8.67. The standard InChI is InChI=1S/C31H30F7N5O2.C2H6/c1-7-25(22-14-39-27(40-15-22)26-9-8-24(33)29(45)43(26)30(34)35)42(6)28(44)21-11-16(2)10-20(13-21)18(4)41-19(5)23(12-17(3)32)31(36,37)38;1-2/h7-15,18,30,41H,1-6H3;1-2H3/b17-12+,23-19-,25-7-;. The molecule has 0 saturated carbocycles. The van der Waals surface area contributed by atoms with Crippen LogP contribution in [0.15, 0.2) is 76.8 Å². The number of carbonyl (C=O) groups is 1. The lowest BCUT2D eigenvalue weighted by Crippen LogP contribution is -2.27. The second-order valence-corrected chi connectivity index (χ2v) is 10.1. The van der Waals surface area contributed by atoms with Crippen LogP contribution in [0.5, 0.6) is 0 Å². The van der Waals surface area contributed by atoms with E-state index in [9.17, 15) is 40.3 Å². The molecule has 0 aliphatic rings. The summed E-state index contributed by atoms with van der Waals surface area (Å²) in [7, 11) is 1.47. The second-order valence-electron chi connectivity index (χ2n) is 10.1. The third-order valence-electron chi connectivity index (χ3n) is 6.71. The van der Waals surface area contributed by atoms with Crippen LogP contribution in [0.25, 0.3) is 17.2 Å². The Bertz CT molecular complexity index is 1720. The number of aromatic nitrogens is 3. The third kappa shape index (κ3) is 9.39. The number of nitrogens with zero attached hydrogens (tertiary/aromatic N) is 4. The van der Waals surface area contributed by atoms with Crippen LogP contribution in [-0.2, 0) is 0 Å². The van der Waals surface area contributed by atoms with Gasteiger partial charge in [-0.1, -0.05) is 26.0 Å². The zero-order valence-electron chi connectivity index (χ0n) is 27.1. The number of amides is 1. The molecule has 1 amide bonds. The Morgan fingerprint density at radius 3 is 2.15 bits per heavy atom. The smallest absolute Gasteiger partial charge is 0.382 e. The van der Waals surface area contributed by atoms with Crippen LogP contribution in [0, 0.1) is 12.7 Å². The average Bonchev–Trinajstić information content (AvgIpc) is 3.01. The molecule has 47 heavy (non-hydrogen) atoms. The average molecular weight is 668 g/mol. The van der Waals surface area contributed by atoms with Gasteiger partial charge in [-0.05, 0) is 76.1 Å². The van der Waals surface area contributed by atoms with Gasteiger partial charge in [-0.25, -0.2) is 23.3 Å².